The first-order valence-electron chi connectivity index (χ1n) is 6.47. The van der Waals surface area contributed by atoms with Crippen molar-refractivity contribution in [2.24, 2.45) is 0 Å². The molecule has 2 nitrogen and oxygen atoms in total. The summed E-state index contributed by atoms with van der Waals surface area (Å²) < 4.78 is 0. The highest BCUT2D eigenvalue weighted by Gasteiger charge is 2.33. The monoisotopic (exact) mass is 258 g/mol. The van der Waals surface area contributed by atoms with E-state index in [-0.39, 0.29) is 5.41 Å². The predicted octanol–water partition coefficient (Wildman–Crippen LogP) is 4.38. The minimum atomic E-state index is 0.191. The van der Waals surface area contributed by atoms with Crippen molar-refractivity contribution in [3.05, 3.63) is 35.1 Å². The topological polar surface area (TPSA) is 25.8 Å². The van der Waals surface area contributed by atoms with Gasteiger partial charge >= 0.3 is 0 Å². The molecule has 1 fully saturated rings. The van der Waals surface area contributed by atoms with E-state index in [0.29, 0.717) is 5.92 Å². The van der Waals surface area contributed by atoms with E-state index < -0.39 is 0 Å². The standard InChI is InChI=1S/C15H18N2S/c1-15(2,3)13-12(10-6-7-10)17-14(18-13)11-5-4-8-16-9-11/h4-5,8-10H,6-7H2,1-3H3. The molecule has 94 valence electrons. The van der Waals surface area contributed by atoms with E-state index in [1.165, 1.54) is 23.4 Å². The molecule has 0 N–H and O–H groups in total. The van der Waals surface area contributed by atoms with Crippen LogP contribution in [-0.4, -0.2) is 9.97 Å². The molecule has 2 aromatic rings. The first kappa shape index (κ1) is 11.8. The molecule has 3 rings (SSSR count). The first-order chi connectivity index (χ1) is 8.55. The van der Waals surface area contributed by atoms with Gasteiger partial charge in [-0.15, -0.1) is 11.3 Å². The Morgan fingerprint density at radius 2 is 2.06 bits per heavy atom. The normalized spacial score (nSPS) is 15.9. The maximum absolute atomic E-state index is 4.89. The minimum Gasteiger partial charge on any atom is -0.264 e. The summed E-state index contributed by atoms with van der Waals surface area (Å²) in [5.41, 5.74) is 2.67. The number of hydrogen-bond acceptors (Lipinski definition) is 3. The molecule has 0 unspecified atom stereocenters. The lowest BCUT2D eigenvalue weighted by Gasteiger charge is -2.17. The molecule has 1 aliphatic carbocycles. The van der Waals surface area contributed by atoms with Crippen molar-refractivity contribution in [1.29, 1.82) is 0 Å². The van der Waals surface area contributed by atoms with Crippen molar-refractivity contribution in [2.45, 2.75) is 44.9 Å². The van der Waals surface area contributed by atoms with Gasteiger partial charge < -0.3 is 0 Å². The van der Waals surface area contributed by atoms with Crippen LogP contribution >= 0.6 is 11.3 Å². The first-order valence-corrected chi connectivity index (χ1v) is 7.29. The van der Waals surface area contributed by atoms with Gasteiger partial charge in [0.05, 0.1) is 5.69 Å². The molecule has 3 heteroatoms. The zero-order chi connectivity index (χ0) is 12.8. The van der Waals surface area contributed by atoms with Crippen molar-refractivity contribution in [2.75, 3.05) is 0 Å². The highest BCUT2D eigenvalue weighted by Crippen LogP contribution is 2.47. The number of nitrogens with zero attached hydrogens (tertiary/aromatic N) is 2. The zero-order valence-electron chi connectivity index (χ0n) is 11.1. The average molecular weight is 258 g/mol. The smallest absolute Gasteiger partial charge is 0.125 e. The molecule has 2 heterocycles. The highest BCUT2D eigenvalue weighted by molar-refractivity contribution is 7.15. The number of aromatic nitrogens is 2. The molecule has 0 atom stereocenters. The Morgan fingerprint density at radius 3 is 2.61 bits per heavy atom. The molecule has 1 saturated carbocycles. The maximum Gasteiger partial charge on any atom is 0.125 e. The average Bonchev–Trinajstić information content (AvgIpc) is 3.07. The van der Waals surface area contributed by atoms with Crippen LogP contribution in [0.2, 0.25) is 0 Å². The van der Waals surface area contributed by atoms with E-state index in [4.69, 9.17) is 4.98 Å². The second-order valence-electron chi connectivity index (χ2n) is 6.00. The van der Waals surface area contributed by atoms with E-state index in [9.17, 15) is 0 Å². The van der Waals surface area contributed by atoms with Crippen molar-refractivity contribution in [1.82, 2.24) is 9.97 Å². The van der Waals surface area contributed by atoms with E-state index in [0.717, 1.165) is 10.6 Å². The zero-order valence-corrected chi connectivity index (χ0v) is 11.9. The lowest BCUT2D eigenvalue weighted by molar-refractivity contribution is 0.594. The van der Waals surface area contributed by atoms with Crippen LogP contribution in [0.1, 0.15) is 50.1 Å². The highest BCUT2D eigenvalue weighted by atomic mass is 32.1. The Morgan fingerprint density at radius 1 is 1.28 bits per heavy atom. The van der Waals surface area contributed by atoms with Gasteiger partial charge in [0.25, 0.3) is 0 Å². The fourth-order valence-electron chi connectivity index (χ4n) is 2.12. The maximum atomic E-state index is 4.89. The van der Waals surface area contributed by atoms with Gasteiger partial charge in [-0.05, 0) is 30.4 Å². The van der Waals surface area contributed by atoms with Crippen LogP contribution in [-0.2, 0) is 5.41 Å². The fraction of sp³-hybridized carbons (Fsp3) is 0.467. The molecular formula is C15H18N2S. The van der Waals surface area contributed by atoms with Gasteiger partial charge in [-0.2, -0.15) is 0 Å². The van der Waals surface area contributed by atoms with Crippen LogP contribution in [0.4, 0.5) is 0 Å². The largest absolute Gasteiger partial charge is 0.264 e. The molecule has 0 aliphatic heterocycles. The molecule has 0 spiro atoms. The fourth-order valence-corrected chi connectivity index (χ4v) is 3.31. The number of hydrogen-bond donors (Lipinski definition) is 0. The molecule has 2 aromatic heterocycles. The molecule has 0 aromatic carbocycles. The molecule has 0 amide bonds. The van der Waals surface area contributed by atoms with Gasteiger partial charge in [0, 0.05) is 28.8 Å². The van der Waals surface area contributed by atoms with E-state index in [2.05, 4.69) is 31.8 Å². The van der Waals surface area contributed by atoms with E-state index >= 15 is 0 Å². The summed E-state index contributed by atoms with van der Waals surface area (Å²) >= 11 is 1.84. The van der Waals surface area contributed by atoms with Crippen molar-refractivity contribution in [3.8, 4) is 10.6 Å². The summed E-state index contributed by atoms with van der Waals surface area (Å²) in [6.07, 6.45) is 6.32. The summed E-state index contributed by atoms with van der Waals surface area (Å²) in [5, 5.41) is 1.12. The lowest BCUT2D eigenvalue weighted by Crippen LogP contribution is -2.11. The Hall–Kier alpha value is -1.22. The second kappa shape index (κ2) is 4.16. The lowest BCUT2D eigenvalue weighted by atomic mass is 9.92. The minimum absolute atomic E-state index is 0.191. The number of thiazole rings is 1. The number of rotatable bonds is 2. The third-order valence-electron chi connectivity index (χ3n) is 3.21. The van der Waals surface area contributed by atoms with Gasteiger partial charge in [0.2, 0.25) is 0 Å². The van der Waals surface area contributed by atoms with Crippen molar-refractivity contribution >= 4 is 11.3 Å². The number of pyridine rings is 1. The van der Waals surface area contributed by atoms with Gasteiger partial charge in [-0.25, -0.2) is 4.98 Å². The van der Waals surface area contributed by atoms with Gasteiger partial charge in [-0.3, -0.25) is 4.98 Å². The molecule has 0 radical (unpaired) electrons. The summed E-state index contributed by atoms with van der Waals surface area (Å²) in [6, 6.07) is 4.07. The Balaban J connectivity index is 2.08. The van der Waals surface area contributed by atoms with Crippen LogP contribution in [0.5, 0.6) is 0 Å². The Kier molecular flexibility index (Phi) is 2.74. The van der Waals surface area contributed by atoms with Gasteiger partial charge in [-0.1, -0.05) is 20.8 Å². The third kappa shape index (κ3) is 2.19. The van der Waals surface area contributed by atoms with E-state index in [1.54, 1.807) is 0 Å². The van der Waals surface area contributed by atoms with Crippen LogP contribution in [0, 0.1) is 0 Å². The Labute approximate surface area is 112 Å². The summed E-state index contributed by atoms with van der Waals surface area (Å²) in [5.74, 6) is 0.709. The van der Waals surface area contributed by atoms with Gasteiger partial charge in [0.15, 0.2) is 0 Å². The molecule has 18 heavy (non-hydrogen) atoms. The summed E-state index contributed by atoms with van der Waals surface area (Å²) in [6.45, 7) is 6.83. The molecule has 0 saturated heterocycles. The Bertz CT molecular complexity index is 548. The van der Waals surface area contributed by atoms with Crippen LogP contribution in [0.15, 0.2) is 24.5 Å². The van der Waals surface area contributed by atoms with Crippen LogP contribution in [0.25, 0.3) is 10.6 Å². The van der Waals surface area contributed by atoms with E-state index in [1.807, 2.05) is 29.8 Å². The van der Waals surface area contributed by atoms with Crippen molar-refractivity contribution < 1.29 is 0 Å². The SMILES string of the molecule is CC(C)(C)c1sc(-c2cccnc2)nc1C1CC1. The molecule has 1 aliphatic rings. The molecule has 0 bridgehead atoms. The summed E-state index contributed by atoms with van der Waals surface area (Å²) in [7, 11) is 0. The van der Waals surface area contributed by atoms with Gasteiger partial charge in [0.1, 0.15) is 5.01 Å². The summed E-state index contributed by atoms with van der Waals surface area (Å²) in [4.78, 5) is 10.5. The van der Waals surface area contributed by atoms with Crippen LogP contribution < -0.4 is 0 Å². The quantitative estimate of drug-likeness (QED) is 0.799. The van der Waals surface area contributed by atoms with Crippen LogP contribution in [0.3, 0.4) is 0 Å². The molecular weight excluding hydrogens is 240 g/mol. The second-order valence-corrected chi connectivity index (χ2v) is 7.00. The third-order valence-corrected chi connectivity index (χ3v) is 4.75. The predicted molar refractivity (Wildman–Crippen MR) is 76.0 cm³/mol. The van der Waals surface area contributed by atoms with Crippen molar-refractivity contribution in [3.63, 3.8) is 0 Å².